The third kappa shape index (κ3) is 3.13. The molecular formula is C18H27NO2Si. The number of hydrogen-bond donors (Lipinski definition) is 0. The Morgan fingerprint density at radius 2 is 1.95 bits per heavy atom. The molecule has 2 aliphatic rings. The van der Waals surface area contributed by atoms with Gasteiger partial charge in [-0.15, -0.1) is 0 Å². The van der Waals surface area contributed by atoms with Crippen molar-refractivity contribution in [2.45, 2.75) is 58.0 Å². The third-order valence-electron chi connectivity index (χ3n) is 4.75. The fourth-order valence-corrected chi connectivity index (χ4v) is 5.13. The molecule has 3 atom stereocenters. The van der Waals surface area contributed by atoms with Crippen molar-refractivity contribution in [2.24, 2.45) is 17.0 Å². The lowest BCUT2D eigenvalue weighted by Gasteiger charge is -2.49. The van der Waals surface area contributed by atoms with Gasteiger partial charge in [0.05, 0.1) is 5.71 Å². The van der Waals surface area contributed by atoms with E-state index in [1.807, 2.05) is 6.07 Å². The van der Waals surface area contributed by atoms with Crippen LogP contribution in [0.15, 0.2) is 35.5 Å². The Labute approximate surface area is 134 Å². The number of hydrogen-bond acceptors (Lipinski definition) is 3. The first-order valence-corrected chi connectivity index (χ1v) is 11.8. The predicted octanol–water partition coefficient (Wildman–Crippen LogP) is 4.80. The quantitative estimate of drug-likeness (QED) is 0.750. The molecule has 1 aliphatic carbocycles. The Hall–Kier alpha value is -1.13. The van der Waals surface area contributed by atoms with Crippen LogP contribution < -0.4 is 0 Å². The van der Waals surface area contributed by atoms with Crippen LogP contribution in [-0.2, 0) is 9.26 Å². The number of nitrogens with zero attached hydrogens (tertiary/aromatic N) is 1. The second kappa shape index (κ2) is 5.82. The summed E-state index contributed by atoms with van der Waals surface area (Å²) in [7, 11) is -1.69. The number of oxime groups is 1. The van der Waals surface area contributed by atoms with E-state index in [4.69, 9.17) is 9.26 Å². The summed E-state index contributed by atoms with van der Waals surface area (Å²) < 4.78 is 6.53. The van der Waals surface area contributed by atoms with Gasteiger partial charge >= 0.3 is 0 Å². The zero-order chi connectivity index (χ0) is 15.8. The number of rotatable bonds is 3. The van der Waals surface area contributed by atoms with Crippen LogP contribution in [0.2, 0.25) is 19.6 Å². The maximum absolute atomic E-state index is 6.53. The Balaban J connectivity index is 1.91. The van der Waals surface area contributed by atoms with Crippen molar-refractivity contribution in [1.82, 2.24) is 0 Å². The van der Waals surface area contributed by atoms with E-state index < -0.39 is 14.1 Å². The van der Waals surface area contributed by atoms with E-state index in [0.717, 1.165) is 18.6 Å². The molecule has 0 spiro atoms. The standard InChI is InChI=1S/C18H27NO2Si/c1-14-9-8-12-18(21-22(2,3)4)16(14)13-17(19-20-18)15-10-6-5-7-11-15/h5-7,10-11,14,16H,8-9,12-13H2,1-4H3/t14-,16+,18+/m0/s1. The van der Waals surface area contributed by atoms with Crippen LogP contribution in [0, 0.1) is 11.8 Å². The van der Waals surface area contributed by atoms with Crippen LogP contribution in [0.3, 0.4) is 0 Å². The van der Waals surface area contributed by atoms with Gasteiger partial charge in [-0.1, -0.05) is 42.4 Å². The summed E-state index contributed by atoms with van der Waals surface area (Å²) in [6, 6.07) is 10.4. The summed E-state index contributed by atoms with van der Waals surface area (Å²) in [5.74, 6) is 0.528. The zero-order valence-electron chi connectivity index (χ0n) is 14.1. The fourth-order valence-electron chi connectivity index (χ4n) is 3.80. The lowest BCUT2D eigenvalue weighted by molar-refractivity contribution is -0.254. The topological polar surface area (TPSA) is 30.8 Å². The van der Waals surface area contributed by atoms with Gasteiger partial charge in [-0.3, -0.25) is 0 Å². The highest BCUT2D eigenvalue weighted by Gasteiger charge is 2.52. The number of benzene rings is 1. The van der Waals surface area contributed by atoms with Crippen LogP contribution >= 0.6 is 0 Å². The molecule has 0 bridgehead atoms. The van der Waals surface area contributed by atoms with Crippen molar-refractivity contribution in [2.75, 3.05) is 0 Å². The summed E-state index contributed by atoms with van der Waals surface area (Å²) in [5.41, 5.74) is 2.23. The molecule has 120 valence electrons. The van der Waals surface area contributed by atoms with Crippen molar-refractivity contribution < 1.29 is 9.26 Å². The van der Waals surface area contributed by atoms with E-state index in [1.54, 1.807) is 0 Å². The van der Waals surface area contributed by atoms with Crippen LogP contribution in [0.4, 0.5) is 0 Å². The molecule has 3 rings (SSSR count). The Morgan fingerprint density at radius 3 is 2.64 bits per heavy atom. The molecule has 1 saturated carbocycles. The molecular weight excluding hydrogens is 290 g/mol. The molecule has 1 aromatic carbocycles. The fraction of sp³-hybridized carbons (Fsp3) is 0.611. The second-order valence-corrected chi connectivity index (χ2v) is 12.1. The van der Waals surface area contributed by atoms with E-state index in [2.05, 4.69) is 56.0 Å². The normalized spacial score (nSPS) is 31.9. The SMILES string of the molecule is C[C@H]1CCC[C@]2(O[Si](C)(C)C)ON=C(c3ccccc3)C[C@H]12. The van der Waals surface area contributed by atoms with E-state index in [0.29, 0.717) is 11.8 Å². The summed E-state index contributed by atoms with van der Waals surface area (Å²) in [6.45, 7) is 9.04. The molecule has 1 aliphatic heterocycles. The third-order valence-corrected chi connectivity index (χ3v) is 5.70. The molecule has 0 unspecified atom stereocenters. The molecule has 1 aromatic rings. The average Bonchev–Trinajstić information content (AvgIpc) is 2.46. The van der Waals surface area contributed by atoms with E-state index in [9.17, 15) is 0 Å². The number of fused-ring (bicyclic) bond motifs is 1. The van der Waals surface area contributed by atoms with Crippen LogP contribution in [0.1, 0.15) is 38.2 Å². The summed E-state index contributed by atoms with van der Waals surface area (Å²) >= 11 is 0. The molecule has 22 heavy (non-hydrogen) atoms. The average molecular weight is 318 g/mol. The summed E-state index contributed by atoms with van der Waals surface area (Å²) in [6.07, 6.45) is 4.35. The van der Waals surface area contributed by atoms with Crippen LogP contribution in [0.25, 0.3) is 0 Å². The lowest BCUT2D eigenvalue weighted by Crippen LogP contribution is -2.55. The van der Waals surface area contributed by atoms with Gasteiger partial charge in [-0.2, -0.15) is 0 Å². The van der Waals surface area contributed by atoms with Gasteiger partial charge < -0.3 is 9.26 Å². The molecule has 0 radical (unpaired) electrons. The minimum Gasteiger partial charge on any atom is -0.380 e. The largest absolute Gasteiger partial charge is 0.380 e. The van der Waals surface area contributed by atoms with Crippen LogP contribution in [-0.4, -0.2) is 19.8 Å². The first-order valence-electron chi connectivity index (χ1n) is 8.40. The summed E-state index contributed by atoms with van der Waals surface area (Å²) in [4.78, 5) is 6.08. The Kier molecular flexibility index (Phi) is 4.16. The molecule has 0 amide bonds. The highest BCUT2D eigenvalue weighted by atomic mass is 28.4. The molecule has 1 heterocycles. The van der Waals surface area contributed by atoms with Gasteiger partial charge in [0.25, 0.3) is 0 Å². The van der Waals surface area contributed by atoms with E-state index in [-0.39, 0.29) is 0 Å². The van der Waals surface area contributed by atoms with E-state index >= 15 is 0 Å². The highest BCUT2D eigenvalue weighted by molar-refractivity contribution is 6.69. The van der Waals surface area contributed by atoms with Gasteiger partial charge in [-0.05, 0) is 44.0 Å². The van der Waals surface area contributed by atoms with Crippen molar-refractivity contribution in [3.8, 4) is 0 Å². The van der Waals surface area contributed by atoms with Gasteiger partial charge in [0.15, 0.2) is 8.32 Å². The minimum atomic E-state index is -1.69. The van der Waals surface area contributed by atoms with Gasteiger partial charge in [0, 0.05) is 18.8 Å². The molecule has 4 heteroatoms. The maximum Gasteiger partial charge on any atom is 0.231 e. The highest BCUT2D eigenvalue weighted by Crippen LogP contribution is 2.47. The monoisotopic (exact) mass is 317 g/mol. The van der Waals surface area contributed by atoms with Crippen molar-refractivity contribution in [1.29, 1.82) is 0 Å². The Bertz CT molecular complexity index is 552. The van der Waals surface area contributed by atoms with Crippen molar-refractivity contribution in [3.63, 3.8) is 0 Å². The minimum absolute atomic E-state index is 0.403. The summed E-state index contributed by atoms with van der Waals surface area (Å²) in [5, 5.41) is 4.49. The van der Waals surface area contributed by atoms with Gasteiger partial charge in [0.2, 0.25) is 5.79 Å². The second-order valence-electron chi connectivity index (χ2n) is 7.70. The zero-order valence-corrected chi connectivity index (χ0v) is 15.1. The van der Waals surface area contributed by atoms with Gasteiger partial charge in [-0.25, -0.2) is 0 Å². The van der Waals surface area contributed by atoms with Crippen molar-refractivity contribution in [3.05, 3.63) is 35.9 Å². The molecule has 0 N–H and O–H groups in total. The first-order chi connectivity index (χ1) is 10.4. The molecule has 0 aromatic heterocycles. The molecule has 1 fully saturated rings. The van der Waals surface area contributed by atoms with E-state index in [1.165, 1.54) is 18.4 Å². The Morgan fingerprint density at radius 1 is 1.23 bits per heavy atom. The van der Waals surface area contributed by atoms with Gasteiger partial charge in [0.1, 0.15) is 0 Å². The maximum atomic E-state index is 6.53. The smallest absolute Gasteiger partial charge is 0.231 e. The molecule has 3 nitrogen and oxygen atoms in total. The lowest BCUT2D eigenvalue weighted by atomic mass is 9.72. The molecule has 0 saturated heterocycles. The first kappa shape index (κ1) is 15.8. The van der Waals surface area contributed by atoms with Crippen molar-refractivity contribution >= 4 is 14.0 Å². The predicted molar refractivity (Wildman–Crippen MR) is 92.3 cm³/mol. The van der Waals surface area contributed by atoms with Crippen LogP contribution in [0.5, 0.6) is 0 Å².